The molecular formula is C17H28N2. The molecule has 2 fully saturated rings. The van der Waals surface area contributed by atoms with E-state index in [-0.39, 0.29) is 0 Å². The van der Waals surface area contributed by atoms with E-state index in [0.717, 1.165) is 12.1 Å². The first-order valence-electron chi connectivity index (χ1n) is 8.03. The van der Waals surface area contributed by atoms with Crippen LogP contribution in [0, 0.1) is 0 Å². The first kappa shape index (κ1) is 14.4. The van der Waals surface area contributed by atoms with E-state index in [1.165, 1.54) is 57.1 Å². The first-order valence-corrected chi connectivity index (χ1v) is 8.03. The largest absolute Gasteiger partial charge is 0.381 e. The van der Waals surface area contributed by atoms with Crippen molar-refractivity contribution in [1.82, 2.24) is 5.32 Å². The lowest BCUT2D eigenvalue weighted by atomic mass is 9.88. The molecule has 2 rings (SSSR count). The number of allylic oxidation sites excluding steroid dienone is 2. The summed E-state index contributed by atoms with van der Waals surface area (Å²) in [5, 5.41) is 3.82. The van der Waals surface area contributed by atoms with Crippen LogP contribution in [0.5, 0.6) is 0 Å². The third-order valence-corrected chi connectivity index (χ3v) is 4.21. The molecule has 0 bridgehead atoms. The maximum Gasteiger partial charge on any atom is 0.0814 e. The zero-order chi connectivity index (χ0) is 13.5. The Morgan fingerprint density at radius 1 is 1.21 bits per heavy atom. The molecule has 19 heavy (non-hydrogen) atoms. The molecule has 106 valence electrons. The van der Waals surface area contributed by atoms with Gasteiger partial charge in [-0.2, -0.15) is 0 Å². The monoisotopic (exact) mass is 260 g/mol. The van der Waals surface area contributed by atoms with E-state index in [4.69, 9.17) is 0 Å². The topological polar surface area (TPSA) is 24.4 Å². The van der Waals surface area contributed by atoms with Crippen molar-refractivity contribution in [3.05, 3.63) is 23.0 Å². The highest BCUT2D eigenvalue weighted by atomic mass is 15.0. The molecule has 2 heteroatoms. The molecule has 0 amide bonds. The SMILES string of the molecule is C/C=C(\N=C/CC)C(NC1CCCCC1)=C1CCC1. The highest BCUT2D eigenvalue weighted by molar-refractivity contribution is 5.60. The number of rotatable bonds is 5. The van der Waals surface area contributed by atoms with Gasteiger partial charge in [-0.25, -0.2) is 0 Å². The molecule has 2 nitrogen and oxygen atoms in total. The quantitative estimate of drug-likeness (QED) is 0.710. The third kappa shape index (κ3) is 3.95. The van der Waals surface area contributed by atoms with Crippen molar-refractivity contribution >= 4 is 6.21 Å². The Labute approximate surface area is 118 Å². The van der Waals surface area contributed by atoms with Crippen LogP contribution in [-0.2, 0) is 0 Å². The van der Waals surface area contributed by atoms with Crippen molar-refractivity contribution in [3.8, 4) is 0 Å². The standard InChI is InChI=1S/C17H28N2/c1-3-13-18-16(4-2)17(14-9-8-10-14)19-15-11-6-5-7-12-15/h4,13,15,19H,3,5-12H2,1-2H3/b16-4-,18-13-. The zero-order valence-electron chi connectivity index (χ0n) is 12.5. The zero-order valence-corrected chi connectivity index (χ0v) is 12.5. The summed E-state index contributed by atoms with van der Waals surface area (Å²) in [6.45, 7) is 4.24. The Morgan fingerprint density at radius 2 is 1.95 bits per heavy atom. The van der Waals surface area contributed by atoms with Crippen molar-refractivity contribution in [2.45, 2.75) is 77.7 Å². The Hall–Kier alpha value is -1.05. The molecule has 0 heterocycles. The van der Waals surface area contributed by atoms with Gasteiger partial charge in [0.15, 0.2) is 0 Å². The van der Waals surface area contributed by atoms with Crippen LogP contribution in [0.4, 0.5) is 0 Å². The minimum Gasteiger partial charge on any atom is -0.381 e. The molecule has 0 spiro atoms. The minimum atomic E-state index is 0.670. The average molecular weight is 260 g/mol. The minimum absolute atomic E-state index is 0.670. The lowest BCUT2D eigenvalue weighted by Crippen LogP contribution is -2.32. The van der Waals surface area contributed by atoms with Crippen molar-refractivity contribution in [1.29, 1.82) is 0 Å². The van der Waals surface area contributed by atoms with Gasteiger partial charge in [0, 0.05) is 12.3 Å². The van der Waals surface area contributed by atoms with Gasteiger partial charge >= 0.3 is 0 Å². The fraction of sp³-hybridized carbons (Fsp3) is 0.706. The maximum atomic E-state index is 4.65. The second-order valence-electron chi connectivity index (χ2n) is 5.71. The van der Waals surface area contributed by atoms with Crippen molar-refractivity contribution in [3.63, 3.8) is 0 Å². The highest BCUT2D eigenvalue weighted by Crippen LogP contribution is 2.32. The molecule has 2 aliphatic carbocycles. The predicted octanol–water partition coefficient (Wildman–Crippen LogP) is 4.73. The van der Waals surface area contributed by atoms with Crippen LogP contribution in [0.1, 0.15) is 71.6 Å². The van der Waals surface area contributed by atoms with Gasteiger partial charge in [0.05, 0.1) is 11.4 Å². The van der Waals surface area contributed by atoms with Crippen LogP contribution < -0.4 is 5.32 Å². The van der Waals surface area contributed by atoms with Crippen LogP contribution in [0.15, 0.2) is 28.0 Å². The predicted molar refractivity (Wildman–Crippen MR) is 83.4 cm³/mol. The third-order valence-electron chi connectivity index (χ3n) is 4.21. The van der Waals surface area contributed by atoms with E-state index in [9.17, 15) is 0 Å². The Bertz CT molecular complexity index is 365. The van der Waals surface area contributed by atoms with E-state index in [2.05, 4.69) is 30.2 Å². The Morgan fingerprint density at radius 3 is 2.47 bits per heavy atom. The van der Waals surface area contributed by atoms with Crippen LogP contribution in [-0.4, -0.2) is 12.3 Å². The summed E-state index contributed by atoms with van der Waals surface area (Å²) < 4.78 is 0. The molecule has 0 radical (unpaired) electrons. The fourth-order valence-electron chi connectivity index (χ4n) is 2.88. The van der Waals surface area contributed by atoms with Crippen molar-refractivity contribution < 1.29 is 0 Å². The highest BCUT2D eigenvalue weighted by Gasteiger charge is 2.21. The van der Waals surface area contributed by atoms with Crippen LogP contribution in [0.2, 0.25) is 0 Å². The molecule has 2 aliphatic rings. The maximum absolute atomic E-state index is 4.65. The molecule has 0 aromatic heterocycles. The van der Waals surface area contributed by atoms with Crippen molar-refractivity contribution in [2.75, 3.05) is 0 Å². The second kappa shape index (κ2) is 7.52. The molecule has 0 aromatic rings. The summed E-state index contributed by atoms with van der Waals surface area (Å²) in [5.41, 5.74) is 4.10. The fourth-order valence-corrected chi connectivity index (χ4v) is 2.88. The summed E-state index contributed by atoms with van der Waals surface area (Å²) in [4.78, 5) is 4.65. The van der Waals surface area contributed by atoms with Crippen LogP contribution >= 0.6 is 0 Å². The smallest absolute Gasteiger partial charge is 0.0814 e. The summed E-state index contributed by atoms with van der Waals surface area (Å²) in [5.74, 6) is 0. The van der Waals surface area contributed by atoms with Gasteiger partial charge < -0.3 is 5.32 Å². The molecule has 0 unspecified atom stereocenters. The van der Waals surface area contributed by atoms with E-state index >= 15 is 0 Å². The molecule has 0 saturated heterocycles. The number of aliphatic imine (C=N–C) groups is 1. The van der Waals surface area contributed by atoms with Gasteiger partial charge in [-0.1, -0.05) is 32.3 Å². The van der Waals surface area contributed by atoms with E-state index in [1.54, 1.807) is 5.57 Å². The summed E-state index contributed by atoms with van der Waals surface area (Å²) >= 11 is 0. The lowest BCUT2D eigenvalue weighted by molar-refractivity contribution is 0.394. The first-order chi connectivity index (χ1) is 9.35. The van der Waals surface area contributed by atoms with E-state index in [1.807, 2.05) is 6.21 Å². The summed E-state index contributed by atoms with van der Waals surface area (Å²) in [6.07, 6.45) is 15.9. The number of nitrogens with zero attached hydrogens (tertiary/aromatic N) is 1. The molecule has 1 N–H and O–H groups in total. The van der Waals surface area contributed by atoms with Gasteiger partial charge in [-0.05, 0) is 51.0 Å². The number of nitrogens with one attached hydrogen (secondary N) is 1. The Balaban J connectivity index is 2.09. The molecule has 0 atom stereocenters. The van der Waals surface area contributed by atoms with Gasteiger partial charge in [0.25, 0.3) is 0 Å². The van der Waals surface area contributed by atoms with Gasteiger partial charge in [-0.15, -0.1) is 0 Å². The van der Waals surface area contributed by atoms with E-state index < -0.39 is 0 Å². The number of hydrogen-bond donors (Lipinski definition) is 1. The average Bonchev–Trinajstić information content (AvgIpc) is 2.38. The summed E-state index contributed by atoms with van der Waals surface area (Å²) in [6, 6.07) is 0.670. The number of hydrogen-bond acceptors (Lipinski definition) is 2. The van der Waals surface area contributed by atoms with E-state index in [0.29, 0.717) is 6.04 Å². The molecule has 0 aromatic carbocycles. The van der Waals surface area contributed by atoms with Crippen molar-refractivity contribution in [2.24, 2.45) is 4.99 Å². The van der Waals surface area contributed by atoms with Gasteiger partial charge in [0.1, 0.15) is 0 Å². The molecule has 2 saturated carbocycles. The Kier molecular flexibility index (Phi) is 5.68. The summed E-state index contributed by atoms with van der Waals surface area (Å²) in [7, 11) is 0. The normalized spacial score (nSPS) is 21.6. The molecule has 0 aliphatic heterocycles. The lowest BCUT2D eigenvalue weighted by Gasteiger charge is -2.30. The van der Waals surface area contributed by atoms with Gasteiger partial charge in [0.2, 0.25) is 0 Å². The van der Waals surface area contributed by atoms with Crippen LogP contribution in [0.25, 0.3) is 0 Å². The molecular weight excluding hydrogens is 232 g/mol. The second-order valence-corrected chi connectivity index (χ2v) is 5.71. The van der Waals surface area contributed by atoms with Crippen LogP contribution in [0.3, 0.4) is 0 Å². The van der Waals surface area contributed by atoms with Gasteiger partial charge in [-0.3, -0.25) is 4.99 Å².